The van der Waals surface area contributed by atoms with Crippen molar-refractivity contribution in [2.75, 3.05) is 11.5 Å². The predicted octanol–water partition coefficient (Wildman–Crippen LogP) is -1.61. The third kappa shape index (κ3) is 7.97. The van der Waals surface area contributed by atoms with E-state index in [-0.39, 0.29) is 17.4 Å². The van der Waals surface area contributed by atoms with E-state index in [1.165, 1.54) is 6.92 Å². The molecule has 0 rings (SSSR count). The molecular weight excluding hydrogens is 368 g/mol. The molecule has 0 saturated carbocycles. The van der Waals surface area contributed by atoms with Crippen LogP contribution in [0.5, 0.6) is 0 Å². The van der Waals surface area contributed by atoms with E-state index in [1.54, 1.807) is 13.8 Å². The zero-order valence-corrected chi connectivity index (χ0v) is 16.1. The van der Waals surface area contributed by atoms with E-state index in [0.29, 0.717) is 0 Å². The van der Waals surface area contributed by atoms with Crippen LogP contribution in [0.15, 0.2) is 0 Å². The van der Waals surface area contributed by atoms with Crippen molar-refractivity contribution < 1.29 is 24.3 Å². The number of hydrogen-bond acceptors (Lipinski definition) is 7. The highest BCUT2D eigenvalue weighted by Gasteiger charge is 2.30. The van der Waals surface area contributed by atoms with Gasteiger partial charge in [-0.25, -0.2) is 4.79 Å². The summed E-state index contributed by atoms with van der Waals surface area (Å²) in [7, 11) is 0. The van der Waals surface area contributed by atoms with Gasteiger partial charge in [-0.05, 0) is 12.8 Å². The molecule has 0 saturated heterocycles. The van der Waals surface area contributed by atoms with E-state index in [0.717, 1.165) is 0 Å². The Balaban J connectivity index is 5.01. The number of carbonyl (C=O) groups excluding carboxylic acids is 3. The number of aliphatic carboxylic acids is 1. The maximum atomic E-state index is 12.4. The summed E-state index contributed by atoms with van der Waals surface area (Å²) in [5.41, 5.74) is 5.48. The minimum absolute atomic E-state index is 0.0530. The molecule has 6 N–H and O–H groups in total. The summed E-state index contributed by atoms with van der Waals surface area (Å²) < 4.78 is 0. The fraction of sp³-hybridized carbons (Fsp3) is 0.714. The molecular formula is C14H26N4O5S2. The Kier molecular flexibility index (Phi) is 10.6. The van der Waals surface area contributed by atoms with Crippen molar-refractivity contribution in [1.29, 1.82) is 0 Å². The largest absolute Gasteiger partial charge is 0.480 e. The van der Waals surface area contributed by atoms with E-state index >= 15 is 0 Å². The maximum absolute atomic E-state index is 12.4. The molecule has 0 aromatic carbocycles. The molecule has 4 atom stereocenters. The van der Waals surface area contributed by atoms with Crippen LogP contribution in [0.1, 0.15) is 20.8 Å². The van der Waals surface area contributed by atoms with Crippen molar-refractivity contribution in [3.05, 3.63) is 0 Å². The first-order chi connectivity index (χ1) is 11.5. The fourth-order valence-electron chi connectivity index (χ4n) is 1.73. The number of thiol groups is 2. The van der Waals surface area contributed by atoms with E-state index in [1.807, 2.05) is 0 Å². The number of carboxylic acid groups (broad SMARTS) is 1. The van der Waals surface area contributed by atoms with Crippen LogP contribution in [0.25, 0.3) is 0 Å². The van der Waals surface area contributed by atoms with Gasteiger partial charge in [-0.2, -0.15) is 25.3 Å². The van der Waals surface area contributed by atoms with Crippen molar-refractivity contribution in [2.45, 2.75) is 44.9 Å². The van der Waals surface area contributed by atoms with Gasteiger partial charge in [0.15, 0.2) is 0 Å². The van der Waals surface area contributed by atoms with Crippen molar-refractivity contribution >= 4 is 48.9 Å². The van der Waals surface area contributed by atoms with Gasteiger partial charge in [0, 0.05) is 11.5 Å². The molecule has 0 bridgehead atoms. The summed E-state index contributed by atoms with van der Waals surface area (Å²) in [5.74, 6) is -3.44. The molecule has 0 fully saturated rings. The third-order valence-corrected chi connectivity index (χ3v) is 4.00. The van der Waals surface area contributed by atoms with Crippen LogP contribution in [-0.4, -0.2) is 64.5 Å². The Hall–Kier alpha value is -1.46. The molecule has 0 radical (unpaired) electrons. The number of carboxylic acids is 1. The average Bonchev–Trinajstić information content (AvgIpc) is 2.53. The van der Waals surface area contributed by atoms with Gasteiger partial charge in [0.2, 0.25) is 17.7 Å². The van der Waals surface area contributed by atoms with E-state index < -0.39 is 47.9 Å². The Bertz CT molecular complexity index is 502. The summed E-state index contributed by atoms with van der Waals surface area (Å²) in [6.45, 7) is 4.93. The molecule has 0 aromatic rings. The van der Waals surface area contributed by atoms with Crippen LogP contribution in [0.3, 0.4) is 0 Å². The summed E-state index contributed by atoms with van der Waals surface area (Å²) >= 11 is 7.86. The molecule has 0 aliphatic heterocycles. The smallest absolute Gasteiger partial charge is 0.327 e. The van der Waals surface area contributed by atoms with Crippen molar-refractivity contribution in [2.24, 2.45) is 11.7 Å². The van der Waals surface area contributed by atoms with Crippen LogP contribution >= 0.6 is 25.3 Å². The van der Waals surface area contributed by atoms with Crippen LogP contribution in [0, 0.1) is 5.92 Å². The molecule has 144 valence electrons. The molecule has 0 aliphatic carbocycles. The number of rotatable bonds is 10. The Morgan fingerprint density at radius 2 is 1.36 bits per heavy atom. The zero-order valence-electron chi connectivity index (χ0n) is 14.4. The van der Waals surface area contributed by atoms with Crippen LogP contribution in [0.2, 0.25) is 0 Å². The van der Waals surface area contributed by atoms with Gasteiger partial charge in [0.05, 0.1) is 6.04 Å². The summed E-state index contributed by atoms with van der Waals surface area (Å²) in [6, 6.07) is -3.93. The van der Waals surface area contributed by atoms with Crippen LogP contribution < -0.4 is 21.7 Å². The summed E-state index contributed by atoms with van der Waals surface area (Å²) in [6.07, 6.45) is 0. The van der Waals surface area contributed by atoms with Crippen molar-refractivity contribution in [3.8, 4) is 0 Å². The molecule has 0 aromatic heterocycles. The molecule has 0 aliphatic rings. The van der Waals surface area contributed by atoms with Gasteiger partial charge >= 0.3 is 5.97 Å². The lowest BCUT2D eigenvalue weighted by atomic mass is 10.0. The maximum Gasteiger partial charge on any atom is 0.327 e. The van der Waals surface area contributed by atoms with E-state index in [9.17, 15) is 19.2 Å². The second kappa shape index (κ2) is 11.2. The van der Waals surface area contributed by atoms with Gasteiger partial charge in [0.25, 0.3) is 0 Å². The molecule has 11 heteroatoms. The molecule has 0 spiro atoms. The Morgan fingerprint density at radius 3 is 1.72 bits per heavy atom. The monoisotopic (exact) mass is 394 g/mol. The van der Waals surface area contributed by atoms with Crippen molar-refractivity contribution in [1.82, 2.24) is 16.0 Å². The lowest BCUT2D eigenvalue weighted by molar-refractivity contribution is -0.141. The minimum Gasteiger partial charge on any atom is -0.480 e. The molecule has 0 heterocycles. The molecule has 9 nitrogen and oxygen atoms in total. The Morgan fingerprint density at radius 1 is 0.880 bits per heavy atom. The molecule has 4 unspecified atom stereocenters. The summed E-state index contributed by atoms with van der Waals surface area (Å²) in [4.78, 5) is 47.2. The molecule has 25 heavy (non-hydrogen) atoms. The highest BCUT2D eigenvalue weighted by molar-refractivity contribution is 7.80. The highest BCUT2D eigenvalue weighted by atomic mass is 32.1. The number of nitrogens with one attached hydrogen (secondary N) is 3. The number of amides is 3. The second-order valence-electron chi connectivity index (χ2n) is 5.84. The van der Waals surface area contributed by atoms with Gasteiger partial charge in [-0.3, -0.25) is 14.4 Å². The van der Waals surface area contributed by atoms with Crippen LogP contribution in [-0.2, 0) is 19.2 Å². The Labute approximate surface area is 157 Å². The van der Waals surface area contributed by atoms with Gasteiger partial charge in [-0.1, -0.05) is 13.8 Å². The zero-order chi connectivity index (χ0) is 19.7. The quantitative estimate of drug-likeness (QED) is 0.222. The first kappa shape index (κ1) is 23.5. The van der Waals surface area contributed by atoms with E-state index in [2.05, 4.69) is 41.2 Å². The summed E-state index contributed by atoms with van der Waals surface area (Å²) in [5, 5.41) is 16.2. The lowest BCUT2D eigenvalue weighted by Crippen LogP contribution is -2.58. The minimum atomic E-state index is -1.24. The number of carbonyl (C=O) groups is 4. The number of nitrogens with two attached hydrogens (primary N) is 1. The highest BCUT2D eigenvalue weighted by Crippen LogP contribution is 2.04. The molecule has 3 amide bonds. The SMILES string of the molecule is CC(N)C(=O)NC(C(=O)NC(CS)C(=O)NC(CS)C(=O)O)C(C)C. The second-order valence-corrected chi connectivity index (χ2v) is 6.57. The number of hydrogen-bond donors (Lipinski definition) is 7. The standard InChI is InChI=1S/C14H26N4O5S2/c1-6(2)10(18-11(19)7(3)15)13(21)16-8(4-24)12(20)17-9(5-25)14(22)23/h6-10,24-25H,4-5,15H2,1-3H3,(H,16,21)(H,17,20)(H,18,19)(H,22,23). The average molecular weight is 395 g/mol. The predicted molar refractivity (Wildman–Crippen MR) is 99.6 cm³/mol. The normalized spacial score (nSPS) is 15.6. The van der Waals surface area contributed by atoms with Gasteiger partial charge < -0.3 is 26.8 Å². The van der Waals surface area contributed by atoms with Gasteiger partial charge in [-0.15, -0.1) is 0 Å². The first-order valence-electron chi connectivity index (χ1n) is 7.66. The van der Waals surface area contributed by atoms with Crippen LogP contribution in [0.4, 0.5) is 0 Å². The van der Waals surface area contributed by atoms with E-state index in [4.69, 9.17) is 10.8 Å². The first-order valence-corrected chi connectivity index (χ1v) is 8.92. The van der Waals surface area contributed by atoms with Gasteiger partial charge in [0.1, 0.15) is 18.1 Å². The fourth-order valence-corrected chi connectivity index (χ4v) is 2.24. The third-order valence-electron chi connectivity index (χ3n) is 3.27. The lowest BCUT2D eigenvalue weighted by Gasteiger charge is -2.25. The topological polar surface area (TPSA) is 151 Å². The van der Waals surface area contributed by atoms with Crippen molar-refractivity contribution in [3.63, 3.8) is 0 Å².